The molecule has 9 heteroatoms. The van der Waals surface area contributed by atoms with Crippen molar-refractivity contribution in [3.05, 3.63) is 54.1 Å². The first kappa shape index (κ1) is 20.9. The largest absolute Gasteiger partial charge is 0.416 e. The molecule has 6 nitrogen and oxygen atoms in total. The van der Waals surface area contributed by atoms with Crippen molar-refractivity contribution in [1.29, 1.82) is 0 Å². The van der Waals surface area contributed by atoms with Gasteiger partial charge in [0.25, 0.3) is 0 Å². The Morgan fingerprint density at radius 2 is 1.71 bits per heavy atom. The van der Waals surface area contributed by atoms with E-state index in [1.54, 1.807) is 29.2 Å². The van der Waals surface area contributed by atoms with Gasteiger partial charge in [-0.05, 0) is 48.9 Å². The number of rotatable bonds is 4. The zero-order valence-corrected chi connectivity index (χ0v) is 16.5. The maximum atomic E-state index is 13.0. The third-order valence-electron chi connectivity index (χ3n) is 5.50. The molecule has 0 aromatic heterocycles. The van der Waals surface area contributed by atoms with Gasteiger partial charge in [-0.3, -0.25) is 14.4 Å². The van der Waals surface area contributed by atoms with Crippen LogP contribution in [0, 0.1) is 5.92 Å². The number of benzene rings is 2. The Labute approximate surface area is 176 Å². The highest BCUT2D eigenvalue weighted by molar-refractivity contribution is 6.03. The monoisotopic (exact) mass is 431 g/mol. The van der Waals surface area contributed by atoms with Crippen LogP contribution in [-0.2, 0) is 20.6 Å². The van der Waals surface area contributed by atoms with Gasteiger partial charge < -0.3 is 15.1 Å². The van der Waals surface area contributed by atoms with Crippen LogP contribution in [-0.4, -0.2) is 30.8 Å². The molecule has 3 amide bonds. The fourth-order valence-electron chi connectivity index (χ4n) is 3.87. The average Bonchev–Trinajstić information content (AvgIpc) is 3.34. The summed E-state index contributed by atoms with van der Waals surface area (Å²) >= 11 is 0. The summed E-state index contributed by atoms with van der Waals surface area (Å²) in [6, 6.07) is 11.4. The van der Waals surface area contributed by atoms with Crippen molar-refractivity contribution in [3.8, 4) is 0 Å². The lowest BCUT2D eigenvalue weighted by Gasteiger charge is -2.18. The number of anilines is 3. The average molecular weight is 431 g/mol. The van der Waals surface area contributed by atoms with Gasteiger partial charge in [-0.15, -0.1) is 0 Å². The molecular formula is C22H20F3N3O3. The quantitative estimate of drug-likeness (QED) is 0.800. The van der Waals surface area contributed by atoms with Crippen molar-refractivity contribution >= 4 is 34.8 Å². The lowest BCUT2D eigenvalue weighted by Crippen LogP contribution is -2.28. The summed E-state index contributed by atoms with van der Waals surface area (Å²) in [5, 5.41) is 2.74. The topological polar surface area (TPSA) is 69.7 Å². The van der Waals surface area contributed by atoms with Crippen LogP contribution in [0.3, 0.4) is 0 Å². The highest BCUT2D eigenvalue weighted by Crippen LogP contribution is 2.33. The Bertz CT molecular complexity index is 1020. The van der Waals surface area contributed by atoms with E-state index in [9.17, 15) is 27.6 Å². The zero-order chi connectivity index (χ0) is 22.2. The number of halogens is 3. The Kier molecular flexibility index (Phi) is 5.43. The minimum atomic E-state index is -4.51. The Morgan fingerprint density at radius 3 is 2.35 bits per heavy atom. The van der Waals surface area contributed by atoms with Crippen LogP contribution in [0.15, 0.2) is 48.5 Å². The smallest absolute Gasteiger partial charge is 0.326 e. The Balaban J connectivity index is 1.41. The number of nitrogens with zero attached hydrogens (tertiary/aromatic N) is 2. The van der Waals surface area contributed by atoms with Crippen LogP contribution in [0.5, 0.6) is 0 Å². The van der Waals surface area contributed by atoms with Crippen LogP contribution in [0.2, 0.25) is 0 Å². The van der Waals surface area contributed by atoms with E-state index in [4.69, 9.17) is 0 Å². The summed E-state index contributed by atoms with van der Waals surface area (Å²) in [7, 11) is 0. The number of carbonyl (C=O) groups is 3. The molecule has 2 aromatic rings. The minimum Gasteiger partial charge on any atom is -0.326 e. The van der Waals surface area contributed by atoms with Gasteiger partial charge in [-0.2, -0.15) is 13.2 Å². The van der Waals surface area contributed by atoms with Crippen LogP contribution >= 0.6 is 0 Å². The van der Waals surface area contributed by atoms with Crippen molar-refractivity contribution in [1.82, 2.24) is 0 Å². The van der Waals surface area contributed by atoms with Crippen LogP contribution < -0.4 is 15.1 Å². The standard InChI is InChI=1S/C22H20F3N3O3/c23-22(24,25)15-3-1-4-18(12-15)28-13-14(11-20(28)30)21(31)26-16-6-8-17(9-7-16)27-10-2-5-19(27)29/h1,3-4,6-9,12,14H,2,5,10-11,13H2,(H,26,31). The number of amides is 3. The number of alkyl halides is 3. The van der Waals surface area contributed by atoms with E-state index in [1.165, 1.54) is 17.0 Å². The molecule has 4 rings (SSSR count). The van der Waals surface area contributed by atoms with Crippen molar-refractivity contribution < 1.29 is 27.6 Å². The van der Waals surface area contributed by atoms with Gasteiger partial charge in [-0.25, -0.2) is 0 Å². The predicted octanol–water partition coefficient (Wildman–Crippen LogP) is 3.82. The second kappa shape index (κ2) is 8.05. The molecule has 2 aliphatic heterocycles. The van der Waals surface area contributed by atoms with Gasteiger partial charge in [0.15, 0.2) is 0 Å². The van der Waals surface area contributed by atoms with Gasteiger partial charge in [0.05, 0.1) is 11.5 Å². The summed E-state index contributed by atoms with van der Waals surface area (Å²) < 4.78 is 38.9. The van der Waals surface area contributed by atoms with Crippen LogP contribution in [0.1, 0.15) is 24.8 Å². The van der Waals surface area contributed by atoms with Crippen molar-refractivity contribution in [2.75, 3.05) is 28.2 Å². The van der Waals surface area contributed by atoms with Gasteiger partial charge in [0, 0.05) is 43.0 Å². The maximum absolute atomic E-state index is 13.0. The molecule has 162 valence electrons. The SMILES string of the molecule is O=C(Nc1ccc(N2CCCC2=O)cc1)C1CC(=O)N(c2cccc(C(F)(F)F)c2)C1. The summed E-state index contributed by atoms with van der Waals surface area (Å²) in [4.78, 5) is 39.7. The molecule has 0 saturated carbocycles. The molecular weight excluding hydrogens is 411 g/mol. The van der Waals surface area contributed by atoms with Gasteiger partial charge in [-0.1, -0.05) is 6.07 Å². The highest BCUT2D eigenvalue weighted by Gasteiger charge is 2.37. The van der Waals surface area contributed by atoms with Gasteiger partial charge in [0.2, 0.25) is 17.7 Å². The molecule has 0 radical (unpaired) electrons. The van der Waals surface area contributed by atoms with E-state index in [0.29, 0.717) is 18.7 Å². The number of hydrogen-bond donors (Lipinski definition) is 1. The van der Waals surface area contributed by atoms with Crippen LogP contribution in [0.4, 0.5) is 30.2 Å². The number of nitrogens with one attached hydrogen (secondary N) is 1. The maximum Gasteiger partial charge on any atom is 0.416 e. The predicted molar refractivity (Wildman–Crippen MR) is 109 cm³/mol. The molecule has 0 spiro atoms. The van der Waals surface area contributed by atoms with E-state index in [2.05, 4.69) is 5.32 Å². The summed E-state index contributed by atoms with van der Waals surface area (Å²) in [6.07, 6.45) is -3.25. The van der Waals surface area contributed by atoms with Gasteiger partial charge >= 0.3 is 6.18 Å². The fraction of sp³-hybridized carbons (Fsp3) is 0.318. The second-order valence-electron chi connectivity index (χ2n) is 7.64. The van der Waals surface area contributed by atoms with E-state index >= 15 is 0 Å². The van der Waals surface area contributed by atoms with E-state index in [0.717, 1.165) is 24.2 Å². The molecule has 1 atom stereocenters. The molecule has 0 bridgehead atoms. The minimum absolute atomic E-state index is 0.00629. The normalized spacial score (nSPS) is 19.3. The van der Waals surface area contributed by atoms with E-state index in [1.807, 2.05) is 0 Å². The third-order valence-corrected chi connectivity index (χ3v) is 5.50. The van der Waals surface area contributed by atoms with Crippen LogP contribution in [0.25, 0.3) is 0 Å². The molecule has 0 aliphatic carbocycles. The summed E-state index contributed by atoms with van der Waals surface area (Å²) in [6.45, 7) is 0.673. The Hall–Kier alpha value is -3.36. The molecule has 1 N–H and O–H groups in total. The van der Waals surface area contributed by atoms with Crippen molar-refractivity contribution in [2.45, 2.75) is 25.4 Å². The lowest BCUT2D eigenvalue weighted by molar-refractivity contribution is -0.137. The molecule has 31 heavy (non-hydrogen) atoms. The molecule has 2 aliphatic rings. The van der Waals surface area contributed by atoms with E-state index in [-0.39, 0.29) is 30.5 Å². The first-order valence-corrected chi connectivity index (χ1v) is 9.91. The van der Waals surface area contributed by atoms with Crippen molar-refractivity contribution in [3.63, 3.8) is 0 Å². The molecule has 2 saturated heterocycles. The number of hydrogen-bond acceptors (Lipinski definition) is 3. The Morgan fingerprint density at radius 1 is 0.968 bits per heavy atom. The third kappa shape index (κ3) is 4.40. The summed E-state index contributed by atoms with van der Waals surface area (Å²) in [5.41, 5.74) is 0.551. The first-order chi connectivity index (χ1) is 14.7. The highest BCUT2D eigenvalue weighted by atomic mass is 19.4. The first-order valence-electron chi connectivity index (χ1n) is 9.91. The van der Waals surface area contributed by atoms with E-state index < -0.39 is 23.6 Å². The number of carbonyl (C=O) groups excluding carboxylic acids is 3. The molecule has 1 unspecified atom stereocenters. The zero-order valence-electron chi connectivity index (χ0n) is 16.5. The van der Waals surface area contributed by atoms with Gasteiger partial charge in [0.1, 0.15) is 0 Å². The molecule has 2 fully saturated rings. The molecule has 2 heterocycles. The summed E-state index contributed by atoms with van der Waals surface area (Å²) in [5.74, 6) is -1.40. The molecule has 2 aromatic carbocycles. The second-order valence-corrected chi connectivity index (χ2v) is 7.64. The van der Waals surface area contributed by atoms with Crippen molar-refractivity contribution in [2.24, 2.45) is 5.92 Å². The lowest BCUT2D eigenvalue weighted by atomic mass is 10.1. The fourth-order valence-corrected chi connectivity index (χ4v) is 3.87.